The summed E-state index contributed by atoms with van der Waals surface area (Å²) in [6.45, 7) is 1.90. The summed E-state index contributed by atoms with van der Waals surface area (Å²) in [5, 5.41) is 9.91. The maximum Gasteiger partial charge on any atom is 0.314 e. The van der Waals surface area contributed by atoms with Crippen LogP contribution in [0.25, 0.3) is 0 Å². The molecular formula is C20H19ClN6O3. The molecule has 4 rings (SSSR count). The van der Waals surface area contributed by atoms with Gasteiger partial charge in [0.15, 0.2) is 0 Å². The number of hydrogen-bond acceptors (Lipinski definition) is 5. The van der Waals surface area contributed by atoms with Crippen molar-refractivity contribution in [3.8, 4) is 0 Å². The minimum atomic E-state index is -0.862. The number of halogens is 1. The van der Waals surface area contributed by atoms with E-state index in [0.717, 1.165) is 30.5 Å². The summed E-state index contributed by atoms with van der Waals surface area (Å²) in [4.78, 5) is 45.3. The van der Waals surface area contributed by atoms with Crippen LogP contribution in [0.15, 0.2) is 40.3 Å². The smallest absolute Gasteiger partial charge is 0.314 e. The molecule has 1 aromatic carbocycles. The third-order valence-electron chi connectivity index (χ3n) is 4.91. The van der Waals surface area contributed by atoms with Crippen LogP contribution < -0.4 is 10.6 Å². The lowest BCUT2D eigenvalue weighted by atomic mass is 10.1. The number of rotatable bonds is 3. The summed E-state index contributed by atoms with van der Waals surface area (Å²) >= 11 is 5.84. The monoisotopic (exact) mass is 426 g/mol. The summed E-state index contributed by atoms with van der Waals surface area (Å²) < 4.78 is 1.28. The van der Waals surface area contributed by atoms with Crippen LogP contribution in [-0.4, -0.2) is 39.2 Å². The minimum Gasteiger partial charge on any atom is -0.344 e. The van der Waals surface area contributed by atoms with Gasteiger partial charge in [0.05, 0.1) is 11.6 Å². The zero-order valence-electron chi connectivity index (χ0n) is 16.2. The highest BCUT2D eigenvalue weighted by atomic mass is 35.5. The fourth-order valence-electron chi connectivity index (χ4n) is 3.43. The predicted molar refractivity (Wildman–Crippen MR) is 112 cm³/mol. The van der Waals surface area contributed by atoms with Gasteiger partial charge in [-0.25, -0.2) is 4.99 Å². The molecule has 0 saturated heterocycles. The highest BCUT2D eigenvalue weighted by Gasteiger charge is 2.33. The first-order valence-electron chi connectivity index (χ1n) is 9.51. The number of carbonyl (C=O) groups excluding carboxylic acids is 3. The Morgan fingerprint density at radius 2 is 1.97 bits per heavy atom. The molecule has 0 spiro atoms. The number of benzene rings is 1. The van der Waals surface area contributed by atoms with E-state index < -0.39 is 11.8 Å². The largest absolute Gasteiger partial charge is 0.344 e. The lowest BCUT2D eigenvalue weighted by Crippen LogP contribution is -2.36. The second-order valence-corrected chi connectivity index (χ2v) is 7.58. The van der Waals surface area contributed by atoms with Crippen molar-refractivity contribution in [1.82, 2.24) is 15.1 Å². The normalized spacial score (nSPS) is 17.8. The first-order chi connectivity index (χ1) is 14.4. The number of nitrogens with zero attached hydrogens (tertiary/aromatic N) is 4. The summed E-state index contributed by atoms with van der Waals surface area (Å²) in [6.07, 6.45) is 2.39. The molecule has 2 aliphatic rings. The zero-order valence-corrected chi connectivity index (χ0v) is 16.9. The van der Waals surface area contributed by atoms with Crippen LogP contribution in [0.2, 0.25) is 5.02 Å². The second kappa shape index (κ2) is 8.19. The van der Waals surface area contributed by atoms with E-state index in [1.807, 2.05) is 0 Å². The SMILES string of the molecule is Cc1cc(NC(=O)C(=O)NCc2ccc(Cl)cc2)n(C2=NC(=O)C3CCCC3=N2)n1. The van der Waals surface area contributed by atoms with Crippen molar-refractivity contribution >= 4 is 46.8 Å². The summed E-state index contributed by atoms with van der Waals surface area (Å²) in [5.41, 5.74) is 2.17. The molecule has 0 radical (unpaired) electrons. The van der Waals surface area contributed by atoms with Gasteiger partial charge in [-0.3, -0.25) is 14.4 Å². The first-order valence-corrected chi connectivity index (χ1v) is 9.89. The van der Waals surface area contributed by atoms with Crippen LogP contribution in [0.4, 0.5) is 5.82 Å². The van der Waals surface area contributed by atoms with E-state index in [1.54, 1.807) is 37.3 Å². The quantitative estimate of drug-likeness (QED) is 0.730. The van der Waals surface area contributed by atoms with E-state index in [1.165, 1.54) is 4.68 Å². The number of nitrogens with one attached hydrogen (secondary N) is 2. The molecule has 1 aliphatic heterocycles. The standard InChI is InChI=1S/C20H19ClN6O3/c1-11-9-16(24-19(30)18(29)22-10-12-5-7-13(21)8-6-12)27(26-11)20-23-15-4-2-3-14(15)17(28)25-20/h5-9,14H,2-4,10H2,1H3,(H,22,29)(H,24,30). The Balaban J connectivity index is 1.46. The van der Waals surface area contributed by atoms with Gasteiger partial charge in [-0.05, 0) is 43.9 Å². The molecule has 10 heteroatoms. The average molecular weight is 427 g/mol. The van der Waals surface area contributed by atoms with Crippen LogP contribution in [0.3, 0.4) is 0 Å². The molecule has 1 aromatic heterocycles. The van der Waals surface area contributed by atoms with E-state index in [-0.39, 0.29) is 30.1 Å². The Bertz CT molecular complexity index is 1090. The molecular weight excluding hydrogens is 408 g/mol. The van der Waals surface area contributed by atoms with Crippen molar-refractivity contribution in [1.29, 1.82) is 0 Å². The molecule has 1 saturated carbocycles. The third-order valence-corrected chi connectivity index (χ3v) is 5.17. The minimum absolute atomic E-state index is 0.0955. The maximum atomic E-state index is 12.4. The maximum absolute atomic E-state index is 12.4. The summed E-state index contributed by atoms with van der Waals surface area (Å²) in [5.74, 6) is -1.86. The molecule has 1 aliphatic carbocycles. The van der Waals surface area contributed by atoms with Crippen molar-refractivity contribution in [3.05, 3.63) is 46.6 Å². The molecule has 30 heavy (non-hydrogen) atoms. The Kier molecular flexibility index (Phi) is 5.45. The van der Waals surface area contributed by atoms with Crippen LogP contribution >= 0.6 is 11.6 Å². The molecule has 3 amide bonds. The van der Waals surface area contributed by atoms with Gasteiger partial charge >= 0.3 is 11.8 Å². The van der Waals surface area contributed by atoms with Gasteiger partial charge in [0.25, 0.3) is 11.9 Å². The fraction of sp³-hybridized carbons (Fsp3) is 0.300. The molecule has 1 fully saturated rings. The van der Waals surface area contributed by atoms with Gasteiger partial charge in [0, 0.05) is 23.3 Å². The molecule has 2 N–H and O–H groups in total. The second-order valence-electron chi connectivity index (χ2n) is 7.14. The molecule has 2 heterocycles. The van der Waals surface area contributed by atoms with E-state index >= 15 is 0 Å². The highest BCUT2D eigenvalue weighted by Crippen LogP contribution is 2.27. The number of amides is 3. The van der Waals surface area contributed by atoms with Gasteiger partial charge in [0.1, 0.15) is 5.82 Å². The summed E-state index contributed by atoms with van der Waals surface area (Å²) in [6, 6.07) is 8.50. The number of aliphatic imine (C=N–C) groups is 2. The Morgan fingerprint density at radius 1 is 1.20 bits per heavy atom. The van der Waals surface area contributed by atoms with Crippen LogP contribution in [0.1, 0.15) is 30.5 Å². The van der Waals surface area contributed by atoms with Gasteiger partial charge in [0.2, 0.25) is 0 Å². The van der Waals surface area contributed by atoms with E-state index in [4.69, 9.17) is 11.6 Å². The lowest BCUT2D eigenvalue weighted by Gasteiger charge is -2.15. The van der Waals surface area contributed by atoms with E-state index in [2.05, 4.69) is 25.7 Å². The molecule has 0 bridgehead atoms. The van der Waals surface area contributed by atoms with E-state index in [0.29, 0.717) is 10.7 Å². The van der Waals surface area contributed by atoms with Crippen molar-refractivity contribution in [2.24, 2.45) is 15.9 Å². The molecule has 1 atom stereocenters. The topological polar surface area (TPSA) is 118 Å². The van der Waals surface area contributed by atoms with Gasteiger partial charge < -0.3 is 10.6 Å². The third kappa shape index (κ3) is 4.16. The van der Waals surface area contributed by atoms with Crippen molar-refractivity contribution in [2.45, 2.75) is 32.7 Å². The lowest BCUT2D eigenvalue weighted by molar-refractivity contribution is -0.136. The number of anilines is 1. The molecule has 2 aromatic rings. The van der Waals surface area contributed by atoms with Gasteiger partial charge in [-0.15, -0.1) is 0 Å². The van der Waals surface area contributed by atoms with Gasteiger partial charge in [-0.1, -0.05) is 23.7 Å². The zero-order chi connectivity index (χ0) is 21.3. The van der Waals surface area contributed by atoms with Crippen molar-refractivity contribution in [2.75, 3.05) is 5.32 Å². The van der Waals surface area contributed by atoms with Crippen molar-refractivity contribution < 1.29 is 14.4 Å². The molecule has 9 nitrogen and oxygen atoms in total. The first kappa shape index (κ1) is 20.0. The Labute approximate surface area is 177 Å². The summed E-state index contributed by atoms with van der Waals surface area (Å²) in [7, 11) is 0. The highest BCUT2D eigenvalue weighted by molar-refractivity contribution is 6.39. The number of aryl methyl sites for hydroxylation is 1. The molecule has 1 unspecified atom stereocenters. The average Bonchev–Trinajstić information content (AvgIpc) is 3.33. The van der Waals surface area contributed by atoms with Gasteiger partial charge in [-0.2, -0.15) is 14.8 Å². The van der Waals surface area contributed by atoms with Crippen LogP contribution in [0.5, 0.6) is 0 Å². The van der Waals surface area contributed by atoms with Crippen LogP contribution in [-0.2, 0) is 20.9 Å². The number of aromatic nitrogens is 2. The van der Waals surface area contributed by atoms with Crippen LogP contribution in [0, 0.1) is 12.8 Å². The number of carbonyl (C=O) groups is 3. The fourth-order valence-corrected chi connectivity index (χ4v) is 3.56. The Morgan fingerprint density at radius 3 is 2.73 bits per heavy atom. The van der Waals surface area contributed by atoms with E-state index in [9.17, 15) is 14.4 Å². The number of hydrogen-bond donors (Lipinski definition) is 2. The predicted octanol–water partition coefficient (Wildman–Crippen LogP) is 2.09. The van der Waals surface area contributed by atoms with Crippen molar-refractivity contribution in [3.63, 3.8) is 0 Å². The number of fused-ring (bicyclic) bond motifs is 1. The Hall–Kier alpha value is -3.33. The molecule has 154 valence electrons.